The summed E-state index contributed by atoms with van der Waals surface area (Å²) in [5, 5.41) is 11.9. The van der Waals surface area contributed by atoms with Crippen molar-refractivity contribution in [1.82, 2.24) is 5.32 Å². The molecular weight excluding hydrogens is 290 g/mol. The molecule has 1 rings (SSSR count). The normalized spacial score (nSPS) is 14.5. The smallest absolute Gasteiger partial charge is 0.261 e. The molecule has 1 heterocycles. The lowest BCUT2D eigenvalue weighted by Gasteiger charge is -2.28. The summed E-state index contributed by atoms with van der Waals surface area (Å²) >= 11 is 4.73. The Hall–Kier alpha value is -0.390. The van der Waals surface area contributed by atoms with Crippen LogP contribution >= 0.6 is 27.3 Å². The average molecular weight is 306 g/mol. The topological polar surface area (TPSA) is 49.3 Å². The van der Waals surface area contributed by atoms with E-state index in [9.17, 15) is 4.79 Å². The Bertz CT molecular complexity index is 367. The number of hydrogen-bond acceptors (Lipinski definition) is 3. The number of rotatable bonds is 5. The molecule has 3 nitrogen and oxygen atoms in total. The highest BCUT2D eigenvalue weighted by atomic mass is 79.9. The van der Waals surface area contributed by atoms with E-state index in [4.69, 9.17) is 5.11 Å². The van der Waals surface area contributed by atoms with E-state index in [1.165, 1.54) is 11.3 Å². The summed E-state index contributed by atoms with van der Waals surface area (Å²) in [5.41, 5.74) is -0.331. The first-order chi connectivity index (χ1) is 7.50. The van der Waals surface area contributed by atoms with Gasteiger partial charge in [-0.1, -0.05) is 6.92 Å². The lowest BCUT2D eigenvalue weighted by Crippen LogP contribution is -2.45. The van der Waals surface area contributed by atoms with E-state index >= 15 is 0 Å². The summed E-state index contributed by atoms with van der Waals surface area (Å²) in [4.78, 5) is 12.6. The predicted molar refractivity (Wildman–Crippen MR) is 69.9 cm³/mol. The Kier molecular flexibility index (Phi) is 4.95. The van der Waals surface area contributed by atoms with Gasteiger partial charge in [0.05, 0.1) is 8.66 Å². The molecule has 0 spiro atoms. The molecule has 5 heteroatoms. The van der Waals surface area contributed by atoms with Gasteiger partial charge in [0.15, 0.2) is 0 Å². The molecular formula is C11H16BrNO2S. The zero-order valence-electron chi connectivity index (χ0n) is 9.42. The van der Waals surface area contributed by atoms with Crippen LogP contribution in [-0.4, -0.2) is 23.2 Å². The van der Waals surface area contributed by atoms with Crippen molar-refractivity contribution in [2.45, 2.75) is 32.2 Å². The first kappa shape index (κ1) is 13.7. The second kappa shape index (κ2) is 5.80. The molecule has 0 aliphatic rings. The second-order valence-corrected chi connectivity index (χ2v) is 6.41. The SMILES string of the molecule is CCC(C)(CCO)NC(=O)c1ccc(Br)s1. The van der Waals surface area contributed by atoms with E-state index in [1.54, 1.807) is 6.07 Å². The van der Waals surface area contributed by atoms with Gasteiger partial charge < -0.3 is 10.4 Å². The van der Waals surface area contributed by atoms with Gasteiger partial charge in [0.25, 0.3) is 5.91 Å². The molecule has 0 radical (unpaired) electrons. The number of amides is 1. The summed E-state index contributed by atoms with van der Waals surface area (Å²) in [7, 11) is 0. The van der Waals surface area contributed by atoms with Crippen LogP contribution in [0.15, 0.2) is 15.9 Å². The predicted octanol–water partition coefficient (Wildman–Crippen LogP) is 2.79. The number of carbonyl (C=O) groups is 1. The van der Waals surface area contributed by atoms with Crippen LogP contribution in [0.4, 0.5) is 0 Å². The van der Waals surface area contributed by atoms with Crippen LogP contribution in [-0.2, 0) is 0 Å². The Balaban J connectivity index is 2.69. The van der Waals surface area contributed by atoms with Gasteiger partial charge in [-0.2, -0.15) is 0 Å². The van der Waals surface area contributed by atoms with Gasteiger partial charge in [-0.15, -0.1) is 11.3 Å². The Morgan fingerprint density at radius 1 is 1.62 bits per heavy atom. The Morgan fingerprint density at radius 3 is 2.75 bits per heavy atom. The number of halogens is 1. The highest BCUT2D eigenvalue weighted by Crippen LogP contribution is 2.23. The summed E-state index contributed by atoms with van der Waals surface area (Å²) in [6.07, 6.45) is 1.37. The van der Waals surface area contributed by atoms with E-state index in [-0.39, 0.29) is 18.1 Å². The van der Waals surface area contributed by atoms with Crippen LogP contribution in [0.25, 0.3) is 0 Å². The summed E-state index contributed by atoms with van der Waals surface area (Å²) in [5.74, 6) is -0.0755. The second-order valence-electron chi connectivity index (χ2n) is 3.95. The molecule has 0 saturated heterocycles. The van der Waals surface area contributed by atoms with E-state index in [2.05, 4.69) is 21.2 Å². The molecule has 0 aliphatic carbocycles. The van der Waals surface area contributed by atoms with Crippen LogP contribution in [0.1, 0.15) is 36.4 Å². The molecule has 1 aromatic heterocycles. The minimum absolute atomic E-state index is 0.0755. The first-order valence-electron chi connectivity index (χ1n) is 5.19. The van der Waals surface area contributed by atoms with Crippen molar-refractivity contribution in [3.8, 4) is 0 Å². The summed E-state index contributed by atoms with van der Waals surface area (Å²) < 4.78 is 0.943. The number of aliphatic hydroxyl groups excluding tert-OH is 1. The standard InChI is InChI=1S/C11H16BrNO2S/c1-3-11(2,6-7-14)13-10(15)8-4-5-9(12)16-8/h4-5,14H,3,6-7H2,1-2H3,(H,13,15). The van der Waals surface area contributed by atoms with Crippen LogP contribution in [0.2, 0.25) is 0 Å². The summed E-state index contributed by atoms with van der Waals surface area (Å²) in [6, 6.07) is 3.65. The minimum atomic E-state index is -0.331. The van der Waals surface area contributed by atoms with Gasteiger partial charge in [-0.05, 0) is 47.8 Å². The molecule has 0 aromatic carbocycles. The van der Waals surface area contributed by atoms with Crippen LogP contribution in [0, 0.1) is 0 Å². The van der Waals surface area contributed by atoms with Crippen molar-refractivity contribution in [3.63, 3.8) is 0 Å². The number of thiophene rings is 1. The van der Waals surface area contributed by atoms with Gasteiger partial charge in [0.2, 0.25) is 0 Å². The lowest BCUT2D eigenvalue weighted by molar-refractivity contribution is 0.0890. The fourth-order valence-corrected chi connectivity index (χ4v) is 2.63. The number of aliphatic hydroxyl groups is 1. The largest absolute Gasteiger partial charge is 0.396 e. The van der Waals surface area contributed by atoms with Crippen molar-refractivity contribution < 1.29 is 9.90 Å². The van der Waals surface area contributed by atoms with E-state index in [0.29, 0.717) is 11.3 Å². The molecule has 16 heavy (non-hydrogen) atoms. The third-order valence-electron chi connectivity index (χ3n) is 2.66. The highest BCUT2D eigenvalue weighted by molar-refractivity contribution is 9.11. The highest BCUT2D eigenvalue weighted by Gasteiger charge is 2.24. The monoisotopic (exact) mass is 305 g/mol. The Labute approximate surface area is 108 Å². The maximum absolute atomic E-state index is 11.9. The lowest BCUT2D eigenvalue weighted by atomic mass is 9.95. The minimum Gasteiger partial charge on any atom is -0.396 e. The third kappa shape index (κ3) is 3.57. The van der Waals surface area contributed by atoms with Crippen molar-refractivity contribution >= 4 is 33.2 Å². The molecule has 0 fully saturated rings. The number of hydrogen-bond donors (Lipinski definition) is 2. The van der Waals surface area contributed by atoms with Gasteiger partial charge in [0, 0.05) is 12.1 Å². The first-order valence-corrected chi connectivity index (χ1v) is 6.80. The van der Waals surface area contributed by atoms with Crippen LogP contribution in [0.3, 0.4) is 0 Å². The average Bonchev–Trinajstić information content (AvgIpc) is 2.65. The van der Waals surface area contributed by atoms with Crippen LogP contribution < -0.4 is 5.32 Å². The molecule has 1 atom stereocenters. The van der Waals surface area contributed by atoms with Crippen molar-refractivity contribution in [1.29, 1.82) is 0 Å². The zero-order valence-corrected chi connectivity index (χ0v) is 11.8. The fourth-order valence-electron chi connectivity index (χ4n) is 1.35. The van der Waals surface area contributed by atoms with E-state index in [0.717, 1.165) is 10.2 Å². The third-order valence-corrected chi connectivity index (χ3v) is 4.28. The molecule has 0 saturated carbocycles. The van der Waals surface area contributed by atoms with Gasteiger partial charge in [-0.25, -0.2) is 0 Å². The summed E-state index contributed by atoms with van der Waals surface area (Å²) in [6.45, 7) is 4.03. The maximum Gasteiger partial charge on any atom is 0.261 e. The van der Waals surface area contributed by atoms with Crippen molar-refractivity contribution in [2.24, 2.45) is 0 Å². The zero-order chi connectivity index (χ0) is 12.2. The van der Waals surface area contributed by atoms with Crippen LogP contribution in [0.5, 0.6) is 0 Å². The van der Waals surface area contributed by atoms with E-state index < -0.39 is 0 Å². The van der Waals surface area contributed by atoms with E-state index in [1.807, 2.05) is 19.9 Å². The van der Waals surface area contributed by atoms with Crippen molar-refractivity contribution in [2.75, 3.05) is 6.61 Å². The van der Waals surface area contributed by atoms with Gasteiger partial charge >= 0.3 is 0 Å². The van der Waals surface area contributed by atoms with Gasteiger partial charge in [-0.3, -0.25) is 4.79 Å². The molecule has 90 valence electrons. The Morgan fingerprint density at radius 2 is 2.31 bits per heavy atom. The molecule has 2 N–H and O–H groups in total. The quantitative estimate of drug-likeness (QED) is 0.879. The fraction of sp³-hybridized carbons (Fsp3) is 0.545. The van der Waals surface area contributed by atoms with Gasteiger partial charge in [0.1, 0.15) is 0 Å². The molecule has 1 aromatic rings. The molecule has 0 bridgehead atoms. The van der Waals surface area contributed by atoms with Crippen molar-refractivity contribution in [3.05, 3.63) is 20.8 Å². The molecule has 0 aliphatic heterocycles. The molecule has 1 unspecified atom stereocenters. The maximum atomic E-state index is 11.9. The molecule has 1 amide bonds. The number of nitrogens with one attached hydrogen (secondary N) is 1. The number of carbonyl (C=O) groups excluding carboxylic acids is 1.